The van der Waals surface area contributed by atoms with E-state index in [1.54, 1.807) is 6.07 Å². The van der Waals surface area contributed by atoms with Crippen LogP contribution in [0.25, 0.3) is 0 Å². The van der Waals surface area contributed by atoms with Crippen molar-refractivity contribution < 1.29 is 4.39 Å². The van der Waals surface area contributed by atoms with E-state index >= 15 is 0 Å². The summed E-state index contributed by atoms with van der Waals surface area (Å²) in [5.41, 5.74) is 0. The van der Waals surface area contributed by atoms with Crippen molar-refractivity contribution in [3.8, 4) is 0 Å². The third-order valence-corrected chi connectivity index (χ3v) is 1.73. The van der Waals surface area contributed by atoms with Gasteiger partial charge in [0.1, 0.15) is 11.6 Å². The van der Waals surface area contributed by atoms with Crippen LogP contribution in [0.4, 0.5) is 10.2 Å². The fourth-order valence-electron chi connectivity index (χ4n) is 0.816. The van der Waals surface area contributed by atoms with E-state index in [1.165, 1.54) is 12.3 Å². The molecule has 0 spiro atoms. The highest BCUT2D eigenvalue weighted by Crippen LogP contribution is 2.06. The van der Waals surface area contributed by atoms with Crippen molar-refractivity contribution in [1.82, 2.24) is 4.98 Å². The average molecular weight is 168 g/mol. The first-order valence-electron chi connectivity index (χ1n) is 4.10. The lowest BCUT2D eigenvalue weighted by atomic mass is 10.2. The van der Waals surface area contributed by atoms with Crippen molar-refractivity contribution in [3.05, 3.63) is 24.1 Å². The van der Waals surface area contributed by atoms with Crippen LogP contribution in [0.15, 0.2) is 18.3 Å². The van der Waals surface area contributed by atoms with Gasteiger partial charge in [0, 0.05) is 6.04 Å². The van der Waals surface area contributed by atoms with Crippen molar-refractivity contribution in [2.24, 2.45) is 0 Å². The van der Waals surface area contributed by atoms with Crippen molar-refractivity contribution in [2.75, 3.05) is 5.32 Å². The number of halogens is 1. The Bertz CT molecular complexity index is 233. The van der Waals surface area contributed by atoms with Gasteiger partial charge in [-0.15, -0.1) is 0 Å². The molecule has 0 aliphatic rings. The van der Waals surface area contributed by atoms with Crippen LogP contribution < -0.4 is 5.32 Å². The smallest absolute Gasteiger partial charge is 0.141 e. The first-order chi connectivity index (χ1) is 5.72. The van der Waals surface area contributed by atoms with Crippen LogP contribution >= 0.6 is 0 Å². The van der Waals surface area contributed by atoms with Crippen molar-refractivity contribution in [3.63, 3.8) is 0 Å². The summed E-state index contributed by atoms with van der Waals surface area (Å²) in [6.45, 7) is 4.15. The molecule has 2 nitrogen and oxygen atoms in total. The molecule has 1 aromatic rings. The molecule has 0 radical (unpaired) electrons. The second kappa shape index (κ2) is 4.04. The summed E-state index contributed by atoms with van der Waals surface area (Å²) in [5, 5.41) is 3.14. The largest absolute Gasteiger partial charge is 0.368 e. The van der Waals surface area contributed by atoms with Crippen LogP contribution in [-0.4, -0.2) is 11.0 Å². The number of anilines is 1. The zero-order valence-electron chi connectivity index (χ0n) is 7.34. The fraction of sp³-hybridized carbons (Fsp3) is 0.444. The Morgan fingerprint density at radius 3 is 2.83 bits per heavy atom. The Morgan fingerprint density at radius 1 is 1.58 bits per heavy atom. The van der Waals surface area contributed by atoms with Gasteiger partial charge < -0.3 is 5.32 Å². The SMILES string of the molecule is CCC(C)Nc1ccc(F)cn1. The predicted molar refractivity (Wildman–Crippen MR) is 47.6 cm³/mol. The molecule has 3 heteroatoms. The second-order valence-electron chi connectivity index (χ2n) is 2.82. The summed E-state index contributed by atoms with van der Waals surface area (Å²) >= 11 is 0. The highest BCUT2D eigenvalue weighted by Gasteiger charge is 1.98. The van der Waals surface area contributed by atoms with Crippen LogP contribution in [0.3, 0.4) is 0 Å². The zero-order valence-corrected chi connectivity index (χ0v) is 7.34. The fourth-order valence-corrected chi connectivity index (χ4v) is 0.816. The summed E-state index contributed by atoms with van der Waals surface area (Å²) in [5.74, 6) is 0.426. The standard InChI is InChI=1S/C9H13FN2/c1-3-7(2)12-9-5-4-8(10)6-11-9/h4-7H,3H2,1-2H3,(H,11,12). The minimum atomic E-state index is -0.301. The third kappa shape index (κ3) is 2.49. The summed E-state index contributed by atoms with van der Waals surface area (Å²) in [6, 6.07) is 3.42. The van der Waals surface area contributed by atoms with Crippen LogP contribution in [0.5, 0.6) is 0 Å². The molecule has 1 rings (SSSR count). The number of aromatic nitrogens is 1. The molecular formula is C9H13FN2. The van der Waals surface area contributed by atoms with Crippen LogP contribution in [0.2, 0.25) is 0 Å². The number of hydrogen-bond donors (Lipinski definition) is 1. The van der Waals surface area contributed by atoms with Crippen molar-refractivity contribution >= 4 is 5.82 Å². The monoisotopic (exact) mass is 168 g/mol. The van der Waals surface area contributed by atoms with E-state index in [2.05, 4.69) is 24.1 Å². The third-order valence-electron chi connectivity index (χ3n) is 1.73. The lowest BCUT2D eigenvalue weighted by Crippen LogP contribution is -2.14. The van der Waals surface area contributed by atoms with Gasteiger partial charge >= 0.3 is 0 Å². The van der Waals surface area contributed by atoms with Crippen molar-refractivity contribution in [1.29, 1.82) is 0 Å². The molecule has 0 aliphatic carbocycles. The summed E-state index contributed by atoms with van der Waals surface area (Å²) in [7, 11) is 0. The lowest BCUT2D eigenvalue weighted by molar-refractivity contribution is 0.621. The Hall–Kier alpha value is -1.12. The molecule has 0 saturated carbocycles. The molecule has 0 aliphatic heterocycles. The Kier molecular flexibility index (Phi) is 3.02. The molecule has 66 valence electrons. The Labute approximate surface area is 71.8 Å². The summed E-state index contributed by atoms with van der Waals surface area (Å²) < 4.78 is 12.4. The molecule has 1 aromatic heterocycles. The maximum atomic E-state index is 12.4. The molecule has 0 aromatic carbocycles. The molecule has 1 atom stereocenters. The number of nitrogens with one attached hydrogen (secondary N) is 1. The number of pyridine rings is 1. The molecule has 1 heterocycles. The highest BCUT2D eigenvalue weighted by atomic mass is 19.1. The minimum Gasteiger partial charge on any atom is -0.368 e. The Balaban J connectivity index is 2.58. The van der Waals surface area contributed by atoms with Gasteiger partial charge in [-0.05, 0) is 25.5 Å². The van der Waals surface area contributed by atoms with Gasteiger partial charge in [-0.1, -0.05) is 6.92 Å². The van der Waals surface area contributed by atoms with Crippen molar-refractivity contribution in [2.45, 2.75) is 26.3 Å². The van der Waals surface area contributed by atoms with Gasteiger partial charge in [0.15, 0.2) is 0 Å². The number of rotatable bonds is 3. The van der Waals surface area contributed by atoms with Gasteiger partial charge in [0.05, 0.1) is 6.20 Å². The quantitative estimate of drug-likeness (QED) is 0.749. The molecule has 1 N–H and O–H groups in total. The van der Waals surface area contributed by atoms with Gasteiger partial charge in [-0.3, -0.25) is 0 Å². The number of nitrogens with zero attached hydrogens (tertiary/aromatic N) is 1. The zero-order chi connectivity index (χ0) is 8.97. The topological polar surface area (TPSA) is 24.9 Å². The first kappa shape index (κ1) is 8.97. The molecule has 1 unspecified atom stereocenters. The normalized spacial score (nSPS) is 12.6. The van der Waals surface area contributed by atoms with Gasteiger partial charge in [0.2, 0.25) is 0 Å². The van der Waals surface area contributed by atoms with E-state index in [0.29, 0.717) is 6.04 Å². The van der Waals surface area contributed by atoms with E-state index < -0.39 is 0 Å². The molecule has 12 heavy (non-hydrogen) atoms. The van der Waals surface area contributed by atoms with E-state index in [0.717, 1.165) is 12.2 Å². The molecule has 0 saturated heterocycles. The van der Waals surface area contributed by atoms with Gasteiger partial charge in [0.25, 0.3) is 0 Å². The molecule has 0 bridgehead atoms. The Morgan fingerprint density at radius 2 is 2.33 bits per heavy atom. The summed E-state index contributed by atoms with van der Waals surface area (Å²) in [6.07, 6.45) is 2.24. The maximum Gasteiger partial charge on any atom is 0.141 e. The first-order valence-corrected chi connectivity index (χ1v) is 4.10. The lowest BCUT2D eigenvalue weighted by Gasteiger charge is -2.10. The highest BCUT2D eigenvalue weighted by molar-refractivity contribution is 5.34. The van der Waals surface area contributed by atoms with E-state index in [1.807, 2.05) is 0 Å². The van der Waals surface area contributed by atoms with Crippen LogP contribution in [0.1, 0.15) is 20.3 Å². The molecule has 0 fully saturated rings. The van der Waals surface area contributed by atoms with E-state index in [-0.39, 0.29) is 5.82 Å². The average Bonchev–Trinajstić information content (AvgIpc) is 2.09. The van der Waals surface area contributed by atoms with E-state index in [4.69, 9.17) is 0 Å². The van der Waals surface area contributed by atoms with Crippen LogP contribution in [-0.2, 0) is 0 Å². The minimum absolute atomic E-state index is 0.301. The van der Waals surface area contributed by atoms with Gasteiger partial charge in [-0.2, -0.15) is 0 Å². The predicted octanol–water partition coefficient (Wildman–Crippen LogP) is 2.43. The van der Waals surface area contributed by atoms with Gasteiger partial charge in [-0.25, -0.2) is 9.37 Å². The number of hydrogen-bond acceptors (Lipinski definition) is 2. The summed E-state index contributed by atoms with van der Waals surface area (Å²) in [4.78, 5) is 3.88. The van der Waals surface area contributed by atoms with E-state index in [9.17, 15) is 4.39 Å². The second-order valence-corrected chi connectivity index (χ2v) is 2.82. The molecule has 0 amide bonds. The maximum absolute atomic E-state index is 12.4. The van der Waals surface area contributed by atoms with Crippen LogP contribution in [0, 0.1) is 5.82 Å². The molecular weight excluding hydrogens is 155 g/mol.